The number of hydrogen-bond donors (Lipinski definition) is 1. The molecule has 2 aromatic carbocycles. The van der Waals surface area contributed by atoms with Crippen LogP contribution in [0.15, 0.2) is 48.5 Å². The first-order valence-electron chi connectivity index (χ1n) is 9.29. The number of halogens is 1. The summed E-state index contributed by atoms with van der Waals surface area (Å²) in [6.07, 6.45) is 1.66. The highest BCUT2D eigenvalue weighted by molar-refractivity contribution is 7.13. The van der Waals surface area contributed by atoms with E-state index in [1.165, 1.54) is 35.6 Å². The molecule has 0 spiro atoms. The highest BCUT2D eigenvalue weighted by Crippen LogP contribution is 2.34. The molecule has 0 bridgehead atoms. The lowest BCUT2D eigenvalue weighted by Crippen LogP contribution is -2.30. The second-order valence-corrected chi connectivity index (χ2v) is 7.94. The molecule has 0 saturated carbocycles. The fraction of sp³-hybridized carbons (Fsp3) is 0.238. The van der Waals surface area contributed by atoms with Gasteiger partial charge < -0.3 is 10.2 Å². The Labute approximate surface area is 171 Å². The summed E-state index contributed by atoms with van der Waals surface area (Å²) in [7, 11) is 0. The highest BCUT2D eigenvalue weighted by atomic mass is 32.1. The molecule has 1 atom stereocenters. The van der Waals surface area contributed by atoms with Crippen LogP contribution >= 0.6 is 11.3 Å². The van der Waals surface area contributed by atoms with E-state index in [0.29, 0.717) is 22.8 Å². The van der Waals surface area contributed by atoms with Gasteiger partial charge in [0.05, 0.1) is 6.04 Å². The number of aryl methyl sites for hydroxylation is 1. The molecule has 2 amide bonds. The molecule has 1 N–H and O–H groups in total. The van der Waals surface area contributed by atoms with Crippen molar-refractivity contribution in [2.24, 2.45) is 0 Å². The van der Waals surface area contributed by atoms with Crippen LogP contribution in [-0.4, -0.2) is 33.5 Å². The number of nitrogens with zero attached hydrogens (tertiary/aromatic N) is 3. The lowest BCUT2D eigenvalue weighted by atomic mass is 10.1. The van der Waals surface area contributed by atoms with Gasteiger partial charge >= 0.3 is 0 Å². The fourth-order valence-corrected chi connectivity index (χ4v) is 4.28. The van der Waals surface area contributed by atoms with Crippen LogP contribution in [-0.2, 0) is 0 Å². The molecular weight excluding hydrogens is 391 g/mol. The zero-order valence-corrected chi connectivity index (χ0v) is 16.6. The van der Waals surface area contributed by atoms with Gasteiger partial charge in [-0.3, -0.25) is 9.59 Å². The van der Waals surface area contributed by atoms with Crippen LogP contribution in [0.2, 0.25) is 0 Å². The molecule has 1 aliphatic heterocycles. The molecule has 1 saturated heterocycles. The topological polar surface area (TPSA) is 75.2 Å². The van der Waals surface area contributed by atoms with Crippen LogP contribution in [0.1, 0.15) is 49.6 Å². The Hall–Kier alpha value is -3.13. The molecule has 8 heteroatoms. The quantitative estimate of drug-likeness (QED) is 0.699. The minimum absolute atomic E-state index is 0.0382. The zero-order valence-electron chi connectivity index (χ0n) is 15.8. The molecule has 6 nitrogen and oxygen atoms in total. The smallest absolute Gasteiger partial charge is 0.286 e. The molecule has 4 rings (SSSR count). The van der Waals surface area contributed by atoms with E-state index >= 15 is 0 Å². The van der Waals surface area contributed by atoms with Crippen LogP contribution < -0.4 is 5.32 Å². The summed E-state index contributed by atoms with van der Waals surface area (Å²) in [5.74, 6) is -0.820. The third kappa shape index (κ3) is 4.17. The first-order chi connectivity index (χ1) is 14.0. The van der Waals surface area contributed by atoms with Gasteiger partial charge in [0, 0.05) is 17.8 Å². The number of anilines is 1. The van der Waals surface area contributed by atoms with Crippen LogP contribution in [0, 0.1) is 12.7 Å². The first-order valence-corrected chi connectivity index (χ1v) is 10.1. The summed E-state index contributed by atoms with van der Waals surface area (Å²) >= 11 is 1.18. The average Bonchev–Trinajstić information content (AvgIpc) is 3.38. The predicted molar refractivity (Wildman–Crippen MR) is 108 cm³/mol. The SMILES string of the molecule is Cc1cccc(C(=O)N2CCC[C@@H]2c2nnc(C(=O)Nc3ccc(F)cc3)s2)c1. The second-order valence-electron chi connectivity index (χ2n) is 6.93. The number of likely N-dealkylation sites (tertiary alicyclic amines) is 1. The van der Waals surface area contributed by atoms with Crippen molar-refractivity contribution >= 4 is 28.8 Å². The van der Waals surface area contributed by atoms with E-state index in [2.05, 4.69) is 15.5 Å². The maximum absolute atomic E-state index is 13.0. The van der Waals surface area contributed by atoms with Crippen LogP contribution in [0.5, 0.6) is 0 Å². The van der Waals surface area contributed by atoms with Crippen molar-refractivity contribution in [2.45, 2.75) is 25.8 Å². The molecule has 1 aliphatic rings. The number of hydrogen-bond acceptors (Lipinski definition) is 5. The summed E-state index contributed by atoms with van der Waals surface area (Å²) in [6.45, 7) is 2.60. The van der Waals surface area contributed by atoms with E-state index in [1.807, 2.05) is 31.2 Å². The summed E-state index contributed by atoms with van der Waals surface area (Å²) in [6, 6.07) is 12.8. The molecule has 148 valence electrons. The predicted octanol–water partition coefficient (Wildman–Crippen LogP) is 4.22. The van der Waals surface area contributed by atoms with Crippen LogP contribution in [0.4, 0.5) is 10.1 Å². The Morgan fingerprint density at radius 1 is 1.17 bits per heavy atom. The van der Waals surface area contributed by atoms with E-state index in [-0.39, 0.29) is 22.8 Å². The molecule has 29 heavy (non-hydrogen) atoms. The average molecular weight is 410 g/mol. The van der Waals surface area contributed by atoms with Gasteiger partial charge in [-0.15, -0.1) is 10.2 Å². The van der Waals surface area contributed by atoms with Gasteiger partial charge in [0.1, 0.15) is 10.8 Å². The maximum Gasteiger partial charge on any atom is 0.286 e. The van der Waals surface area contributed by atoms with E-state index in [1.54, 1.807) is 4.90 Å². The summed E-state index contributed by atoms with van der Waals surface area (Å²) in [4.78, 5) is 27.2. The Kier molecular flexibility index (Phi) is 5.35. The maximum atomic E-state index is 13.0. The van der Waals surface area contributed by atoms with E-state index in [9.17, 15) is 14.0 Å². The lowest BCUT2D eigenvalue weighted by Gasteiger charge is -2.23. The molecule has 0 aliphatic carbocycles. The van der Waals surface area contributed by atoms with Gasteiger partial charge in [-0.2, -0.15) is 0 Å². The van der Waals surface area contributed by atoms with E-state index < -0.39 is 5.91 Å². The minimum Gasteiger partial charge on any atom is -0.329 e. The standard InChI is InChI=1S/C21H19FN4O2S/c1-13-4-2-5-14(12-13)21(28)26-11-3-6-17(26)19-24-25-20(29-19)18(27)23-16-9-7-15(22)8-10-16/h2,4-5,7-10,12,17H,3,6,11H2,1H3,(H,23,27)/t17-/m1/s1. The second kappa shape index (κ2) is 8.08. The number of nitrogens with one attached hydrogen (secondary N) is 1. The molecule has 1 fully saturated rings. The van der Waals surface area contributed by atoms with Crippen molar-refractivity contribution in [3.8, 4) is 0 Å². The first kappa shape index (κ1) is 19.2. The number of amides is 2. The van der Waals surface area contributed by atoms with Crippen LogP contribution in [0.3, 0.4) is 0 Å². The van der Waals surface area contributed by atoms with Crippen molar-refractivity contribution in [3.63, 3.8) is 0 Å². The Morgan fingerprint density at radius 3 is 2.72 bits per heavy atom. The van der Waals surface area contributed by atoms with E-state index in [4.69, 9.17) is 0 Å². The lowest BCUT2D eigenvalue weighted by molar-refractivity contribution is 0.0734. The monoisotopic (exact) mass is 410 g/mol. The number of rotatable bonds is 4. The molecule has 0 radical (unpaired) electrons. The van der Waals surface area contributed by atoms with Gasteiger partial charge in [-0.1, -0.05) is 29.0 Å². The van der Waals surface area contributed by atoms with Gasteiger partial charge in [-0.05, 0) is 56.2 Å². The Balaban J connectivity index is 1.49. The van der Waals surface area contributed by atoms with Crippen molar-refractivity contribution in [1.29, 1.82) is 0 Å². The van der Waals surface area contributed by atoms with Crippen LogP contribution in [0.25, 0.3) is 0 Å². The summed E-state index contributed by atoms with van der Waals surface area (Å²) < 4.78 is 13.0. The van der Waals surface area contributed by atoms with Gasteiger partial charge in [0.15, 0.2) is 0 Å². The largest absolute Gasteiger partial charge is 0.329 e. The van der Waals surface area contributed by atoms with Gasteiger partial charge in [-0.25, -0.2) is 4.39 Å². The molecule has 1 aromatic heterocycles. The van der Waals surface area contributed by atoms with Crippen molar-refractivity contribution in [1.82, 2.24) is 15.1 Å². The fourth-order valence-electron chi connectivity index (χ4n) is 3.39. The number of carbonyl (C=O) groups is 2. The Morgan fingerprint density at radius 2 is 1.97 bits per heavy atom. The number of carbonyl (C=O) groups excluding carboxylic acids is 2. The van der Waals surface area contributed by atoms with Gasteiger partial charge in [0.25, 0.3) is 11.8 Å². The zero-order chi connectivity index (χ0) is 20.4. The molecular formula is C21H19FN4O2S. The summed E-state index contributed by atoms with van der Waals surface area (Å²) in [5.41, 5.74) is 2.16. The molecule has 2 heterocycles. The minimum atomic E-state index is -0.407. The van der Waals surface area contributed by atoms with E-state index in [0.717, 1.165) is 18.4 Å². The normalized spacial score (nSPS) is 16.1. The van der Waals surface area contributed by atoms with Gasteiger partial charge in [0.2, 0.25) is 5.01 Å². The van der Waals surface area contributed by atoms with Crippen molar-refractivity contribution in [3.05, 3.63) is 75.5 Å². The molecule has 3 aromatic rings. The number of benzene rings is 2. The van der Waals surface area contributed by atoms with Crippen molar-refractivity contribution < 1.29 is 14.0 Å². The number of aromatic nitrogens is 2. The third-order valence-electron chi connectivity index (χ3n) is 4.80. The molecule has 0 unspecified atom stereocenters. The van der Waals surface area contributed by atoms with Crippen molar-refractivity contribution in [2.75, 3.05) is 11.9 Å². The summed E-state index contributed by atoms with van der Waals surface area (Å²) in [5, 5.41) is 11.7. The highest BCUT2D eigenvalue weighted by Gasteiger charge is 2.33. The Bertz CT molecular complexity index is 1050. The third-order valence-corrected chi connectivity index (χ3v) is 5.82.